The molecule has 2 aliphatic rings. The van der Waals surface area contributed by atoms with Crippen molar-refractivity contribution in [1.82, 2.24) is 5.01 Å². The maximum atomic E-state index is 6.04. The minimum absolute atomic E-state index is 0.295. The van der Waals surface area contributed by atoms with Crippen molar-refractivity contribution in [3.05, 3.63) is 24.3 Å². The number of para-hydroxylation sites is 2. The van der Waals surface area contributed by atoms with Crippen molar-refractivity contribution in [1.29, 1.82) is 0 Å². The highest BCUT2D eigenvalue weighted by Crippen LogP contribution is 2.30. The summed E-state index contributed by atoms with van der Waals surface area (Å²) in [6.07, 6.45) is 3.35. The second kappa shape index (κ2) is 5.38. The molecule has 0 amide bonds. The second-order valence-corrected chi connectivity index (χ2v) is 4.90. The smallest absolute Gasteiger partial charge is 0.191 e. The fourth-order valence-corrected chi connectivity index (χ4v) is 2.37. The lowest BCUT2D eigenvalue weighted by Gasteiger charge is -2.28. The second-order valence-electron chi connectivity index (χ2n) is 4.90. The Morgan fingerprint density at radius 1 is 1.16 bits per heavy atom. The number of amidine groups is 1. The summed E-state index contributed by atoms with van der Waals surface area (Å²) in [5, 5.41) is 6.49. The van der Waals surface area contributed by atoms with Gasteiger partial charge in [0.2, 0.25) is 0 Å². The van der Waals surface area contributed by atoms with Gasteiger partial charge in [0.15, 0.2) is 23.4 Å². The summed E-state index contributed by atoms with van der Waals surface area (Å²) in [6.45, 7) is 2.37. The molecule has 2 heterocycles. The van der Waals surface area contributed by atoms with Gasteiger partial charge in [0, 0.05) is 13.1 Å². The standard InChI is InChI=1S/C14H19N3O2/c15-14(16-17-8-4-1-5-9-17)13-10-18-11-6-2-3-7-12(11)19-13/h2-3,6-7,13H,1,4-5,8-10H2,(H2,15,16)/t13-/m1/s1. The van der Waals surface area contributed by atoms with Crippen LogP contribution in [0.3, 0.4) is 0 Å². The predicted octanol–water partition coefficient (Wildman–Crippen LogP) is 1.58. The molecular weight excluding hydrogens is 242 g/mol. The van der Waals surface area contributed by atoms with Crippen molar-refractivity contribution in [2.75, 3.05) is 19.7 Å². The quantitative estimate of drug-likeness (QED) is 0.648. The van der Waals surface area contributed by atoms with Gasteiger partial charge in [-0.1, -0.05) is 12.1 Å². The molecule has 2 aliphatic heterocycles. The van der Waals surface area contributed by atoms with Crippen molar-refractivity contribution >= 4 is 5.84 Å². The Hall–Kier alpha value is -1.91. The summed E-state index contributed by atoms with van der Waals surface area (Å²) in [5.74, 6) is 2.00. The average Bonchev–Trinajstić information content (AvgIpc) is 2.48. The Morgan fingerprint density at radius 2 is 1.89 bits per heavy atom. The number of piperidine rings is 1. The van der Waals surface area contributed by atoms with Gasteiger partial charge >= 0.3 is 0 Å². The van der Waals surface area contributed by atoms with Crippen LogP contribution in [0.1, 0.15) is 19.3 Å². The first-order valence-electron chi connectivity index (χ1n) is 6.80. The van der Waals surface area contributed by atoms with Crippen molar-refractivity contribution in [3.63, 3.8) is 0 Å². The topological polar surface area (TPSA) is 60.1 Å². The van der Waals surface area contributed by atoms with Crippen LogP contribution in [0.2, 0.25) is 0 Å². The number of rotatable bonds is 2. The van der Waals surface area contributed by atoms with Gasteiger partial charge in [-0.15, -0.1) is 0 Å². The van der Waals surface area contributed by atoms with Crippen LogP contribution in [0.4, 0.5) is 0 Å². The summed E-state index contributed by atoms with van der Waals surface area (Å²) in [6, 6.07) is 7.62. The minimum Gasteiger partial charge on any atom is -0.485 e. The van der Waals surface area contributed by atoms with E-state index in [0.717, 1.165) is 24.6 Å². The molecule has 19 heavy (non-hydrogen) atoms. The van der Waals surface area contributed by atoms with Crippen molar-refractivity contribution in [2.45, 2.75) is 25.4 Å². The lowest BCUT2D eigenvalue weighted by atomic mass is 10.2. The normalized spacial score (nSPS) is 23.3. The van der Waals surface area contributed by atoms with E-state index in [4.69, 9.17) is 15.2 Å². The zero-order valence-corrected chi connectivity index (χ0v) is 10.9. The Balaban J connectivity index is 1.68. The van der Waals surface area contributed by atoms with Gasteiger partial charge < -0.3 is 15.2 Å². The number of hydrazone groups is 1. The molecule has 1 atom stereocenters. The molecule has 0 radical (unpaired) electrons. The van der Waals surface area contributed by atoms with Crippen LogP contribution in [0.15, 0.2) is 29.4 Å². The molecule has 1 fully saturated rings. The highest BCUT2D eigenvalue weighted by molar-refractivity contribution is 5.85. The first-order valence-corrected chi connectivity index (χ1v) is 6.80. The van der Waals surface area contributed by atoms with E-state index < -0.39 is 0 Å². The fourth-order valence-electron chi connectivity index (χ4n) is 2.37. The monoisotopic (exact) mass is 261 g/mol. The molecule has 1 aromatic rings. The zero-order valence-electron chi connectivity index (χ0n) is 10.9. The van der Waals surface area contributed by atoms with Crippen LogP contribution in [0, 0.1) is 0 Å². The SMILES string of the molecule is NC(=NN1CCCCC1)[C@H]1COc2ccccc2O1. The average molecular weight is 261 g/mol. The highest BCUT2D eigenvalue weighted by Gasteiger charge is 2.24. The van der Waals surface area contributed by atoms with E-state index in [1.54, 1.807) is 0 Å². The summed E-state index contributed by atoms with van der Waals surface area (Å²) >= 11 is 0. The molecule has 5 heteroatoms. The fraction of sp³-hybridized carbons (Fsp3) is 0.500. The van der Waals surface area contributed by atoms with E-state index in [1.165, 1.54) is 19.3 Å². The molecule has 102 valence electrons. The number of benzene rings is 1. The van der Waals surface area contributed by atoms with Crippen LogP contribution < -0.4 is 15.2 Å². The summed E-state index contributed by atoms with van der Waals surface area (Å²) in [4.78, 5) is 0. The highest BCUT2D eigenvalue weighted by atomic mass is 16.6. The molecule has 0 saturated carbocycles. The molecule has 0 unspecified atom stereocenters. The molecule has 5 nitrogen and oxygen atoms in total. The maximum Gasteiger partial charge on any atom is 0.191 e. The zero-order chi connectivity index (χ0) is 13.1. The number of ether oxygens (including phenoxy) is 2. The van der Waals surface area contributed by atoms with Crippen LogP contribution >= 0.6 is 0 Å². The first kappa shape index (κ1) is 12.1. The summed E-state index contributed by atoms with van der Waals surface area (Å²) in [5.41, 5.74) is 6.04. The Bertz CT molecular complexity index is 470. The molecule has 1 saturated heterocycles. The number of hydrogen-bond donors (Lipinski definition) is 1. The van der Waals surface area contributed by atoms with Crippen molar-refractivity contribution < 1.29 is 9.47 Å². The van der Waals surface area contributed by atoms with E-state index >= 15 is 0 Å². The molecule has 0 bridgehead atoms. The van der Waals surface area contributed by atoms with Crippen LogP contribution in [0.5, 0.6) is 11.5 Å². The minimum atomic E-state index is -0.295. The van der Waals surface area contributed by atoms with Gasteiger partial charge in [0.25, 0.3) is 0 Å². The van der Waals surface area contributed by atoms with Gasteiger partial charge in [-0.05, 0) is 31.4 Å². The van der Waals surface area contributed by atoms with E-state index in [0.29, 0.717) is 12.4 Å². The Kier molecular flexibility index (Phi) is 3.44. The van der Waals surface area contributed by atoms with Crippen LogP contribution in [-0.4, -0.2) is 36.6 Å². The molecule has 2 N–H and O–H groups in total. The van der Waals surface area contributed by atoms with E-state index in [2.05, 4.69) is 5.10 Å². The molecule has 0 aliphatic carbocycles. The van der Waals surface area contributed by atoms with E-state index in [9.17, 15) is 0 Å². The molecule has 3 rings (SSSR count). The third kappa shape index (κ3) is 2.75. The molecular formula is C14H19N3O2. The third-order valence-corrected chi connectivity index (χ3v) is 3.43. The molecule has 0 aromatic heterocycles. The number of nitrogens with two attached hydrogens (primary N) is 1. The van der Waals surface area contributed by atoms with E-state index in [1.807, 2.05) is 29.3 Å². The number of fused-ring (bicyclic) bond motifs is 1. The van der Waals surface area contributed by atoms with Crippen molar-refractivity contribution in [2.24, 2.45) is 10.8 Å². The first-order chi connectivity index (χ1) is 9.33. The summed E-state index contributed by atoms with van der Waals surface area (Å²) in [7, 11) is 0. The van der Waals surface area contributed by atoms with Crippen LogP contribution in [-0.2, 0) is 0 Å². The van der Waals surface area contributed by atoms with E-state index in [-0.39, 0.29) is 6.10 Å². The summed E-state index contributed by atoms with van der Waals surface area (Å²) < 4.78 is 11.5. The predicted molar refractivity (Wildman–Crippen MR) is 73.4 cm³/mol. The largest absolute Gasteiger partial charge is 0.485 e. The van der Waals surface area contributed by atoms with Gasteiger partial charge in [-0.25, -0.2) is 0 Å². The maximum absolute atomic E-state index is 6.04. The molecule has 1 aromatic carbocycles. The van der Waals surface area contributed by atoms with Gasteiger partial charge in [0.1, 0.15) is 6.61 Å². The third-order valence-electron chi connectivity index (χ3n) is 3.43. The number of nitrogens with zero attached hydrogens (tertiary/aromatic N) is 2. The van der Waals surface area contributed by atoms with Gasteiger partial charge in [-0.3, -0.25) is 5.01 Å². The van der Waals surface area contributed by atoms with Gasteiger partial charge in [0.05, 0.1) is 0 Å². The Morgan fingerprint density at radius 3 is 2.68 bits per heavy atom. The lowest BCUT2D eigenvalue weighted by molar-refractivity contribution is 0.131. The lowest BCUT2D eigenvalue weighted by Crippen LogP contribution is -2.43. The molecule has 0 spiro atoms. The number of hydrogen-bond acceptors (Lipinski definition) is 4. The van der Waals surface area contributed by atoms with Crippen molar-refractivity contribution in [3.8, 4) is 11.5 Å². The van der Waals surface area contributed by atoms with Crippen LogP contribution in [0.25, 0.3) is 0 Å². The Labute approximate surface area is 113 Å². The van der Waals surface area contributed by atoms with Gasteiger partial charge in [-0.2, -0.15) is 5.10 Å².